The maximum absolute atomic E-state index is 13.3. The van der Waals surface area contributed by atoms with E-state index in [-0.39, 0.29) is 86.7 Å². The van der Waals surface area contributed by atoms with Crippen LogP contribution in [-0.2, 0) is 9.53 Å². The summed E-state index contributed by atoms with van der Waals surface area (Å²) in [7, 11) is 1.88. The van der Waals surface area contributed by atoms with Crippen LogP contribution in [0.1, 0.15) is 197 Å². The summed E-state index contributed by atoms with van der Waals surface area (Å²) in [5.41, 5.74) is 0.569. The van der Waals surface area contributed by atoms with Crippen LogP contribution < -0.4 is 0 Å². The van der Waals surface area contributed by atoms with Crippen molar-refractivity contribution in [3.63, 3.8) is 0 Å². The number of aliphatic hydroxyl groups is 4. The molecule has 0 aromatic carbocycles. The molecule has 0 aromatic heterocycles. The zero-order chi connectivity index (χ0) is 52.5. The molecule has 0 spiro atoms. The molecule has 0 unspecified atom stereocenters. The molecule has 0 radical (unpaired) electrons. The van der Waals surface area contributed by atoms with Crippen LogP contribution in [-0.4, -0.2) is 63.8 Å². The number of Topliss-reactive ketones (excluding diaryl/α,β-unsaturated/α-hetero) is 1. The number of fused-ring (bicyclic) bond motifs is 15. The first-order valence-corrected chi connectivity index (χ1v) is 30.5. The minimum atomic E-state index is -0.277. The highest BCUT2D eigenvalue weighted by Gasteiger charge is 2.67. The van der Waals surface area contributed by atoms with E-state index in [9.17, 15) is 41.0 Å². The van der Waals surface area contributed by atoms with Gasteiger partial charge in [-0.2, -0.15) is 15.8 Å². The summed E-state index contributed by atoms with van der Waals surface area (Å²) in [6.07, 6.45) is 21.5. The number of methoxy groups -OCH3 is 1. The summed E-state index contributed by atoms with van der Waals surface area (Å²) in [4.78, 5) is 13.3. The van der Waals surface area contributed by atoms with Gasteiger partial charge in [0.05, 0.1) is 66.5 Å². The summed E-state index contributed by atoms with van der Waals surface area (Å²) in [5.74, 6) is 8.21. The van der Waals surface area contributed by atoms with Crippen LogP contribution in [0.3, 0.4) is 0 Å². The molecule has 12 aliphatic carbocycles. The van der Waals surface area contributed by atoms with Gasteiger partial charge >= 0.3 is 0 Å². The van der Waals surface area contributed by atoms with Gasteiger partial charge < -0.3 is 25.2 Å². The van der Waals surface area contributed by atoms with Gasteiger partial charge in [0.2, 0.25) is 0 Å². The van der Waals surface area contributed by atoms with Gasteiger partial charge in [0.25, 0.3) is 0 Å². The summed E-state index contributed by atoms with van der Waals surface area (Å²) in [6, 6.07) is 7.70. The zero-order valence-electron chi connectivity index (χ0n) is 47.1. The fourth-order valence-electron chi connectivity index (χ4n) is 24.0. The van der Waals surface area contributed by atoms with E-state index < -0.39 is 0 Å². The van der Waals surface area contributed by atoms with Crippen molar-refractivity contribution in [3.05, 3.63) is 0 Å². The molecule has 0 aromatic rings. The van der Waals surface area contributed by atoms with E-state index in [1.54, 1.807) is 0 Å². The summed E-state index contributed by atoms with van der Waals surface area (Å²) >= 11 is 0. The number of hydrogen-bond donors (Lipinski definition) is 4. The van der Waals surface area contributed by atoms with Gasteiger partial charge in [0.1, 0.15) is 5.78 Å². The summed E-state index contributed by atoms with van der Waals surface area (Å²) < 4.78 is 6.13. The van der Waals surface area contributed by atoms with Gasteiger partial charge in [0.15, 0.2) is 0 Å². The highest BCUT2D eigenvalue weighted by atomic mass is 16.5. The molecule has 0 bridgehead atoms. The SMILES string of the molecule is CO[C@H]1C[C@]2(C)[C@@H](C#N)CC[C@H]2[C@@H]2CC[C@H]3[C@@H](C)[C@H](O)CC[C@]3(C)[C@H]21.C[C@H]1[C@H](O)CC[C@@]2(C)[C@H]1CC[C@H]1[C@@H]3CC[C@H](C#N)[C@@]3(C)CC(=O)[C@@H]12.C[C@H]1[C@H](O)CC[C@]2(C)[C@@H]3[C@@H](CC[C@@H]12)[C@@H]1CC[C@H](C#N)[C@@]1(C)C[C@@H]3O. The van der Waals surface area contributed by atoms with Crippen LogP contribution in [0.15, 0.2) is 0 Å². The van der Waals surface area contributed by atoms with Crippen LogP contribution in [0, 0.1) is 173 Å². The first kappa shape index (κ1) is 54.3. The van der Waals surface area contributed by atoms with Gasteiger partial charge in [0, 0.05) is 19.4 Å². The molecule has 12 fully saturated rings. The average molecular weight is 1010 g/mol. The van der Waals surface area contributed by atoms with E-state index >= 15 is 0 Å². The van der Waals surface area contributed by atoms with Crippen LogP contribution in [0.5, 0.6) is 0 Å². The van der Waals surface area contributed by atoms with Gasteiger partial charge in [-0.15, -0.1) is 0 Å². The molecule has 12 saturated carbocycles. The lowest BCUT2D eigenvalue weighted by Crippen LogP contribution is -2.60. The molecule has 9 nitrogen and oxygen atoms in total. The van der Waals surface area contributed by atoms with E-state index in [1.165, 1.54) is 38.5 Å². The molecule has 29 atom stereocenters. The van der Waals surface area contributed by atoms with Gasteiger partial charge in [-0.25, -0.2) is 0 Å². The molecule has 4 N–H and O–H groups in total. The second-order valence-electron chi connectivity index (χ2n) is 30.0. The zero-order valence-corrected chi connectivity index (χ0v) is 47.1. The van der Waals surface area contributed by atoms with Crippen LogP contribution >= 0.6 is 0 Å². The normalized spacial score (nSPS) is 58.2. The van der Waals surface area contributed by atoms with E-state index in [0.717, 1.165) is 89.9 Å². The second-order valence-corrected chi connectivity index (χ2v) is 30.0. The fraction of sp³-hybridized carbons (Fsp3) is 0.938. The Balaban J connectivity index is 0.000000126. The lowest BCUT2D eigenvalue weighted by molar-refractivity contribution is -0.195. The second kappa shape index (κ2) is 19.4. The lowest BCUT2D eigenvalue weighted by atomic mass is 9.42. The van der Waals surface area contributed by atoms with Crippen molar-refractivity contribution < 1.29 is 30.0 Å². The number of ketones is 1. The fourth-order valence-corrected chi connectivity index (χ4v) is 24.0. The monoisotopic (exact) mass is 1010 g/mol. The number of ether oxygens (including phenoxy) is 1. The third kappa shape index (κ3) is 8.00. The number of carbonyl (C=O) groups is 1. The standard InChI is InChI=1S/C22H35NO2.C21H33NO2.C21H31NO2/c1-13-16-8-6-15-17-7-5-14(12-23)22(17,3)11-19(25-4)20(15)21(16,2)10-9-18(13)24;2*1-12-15-7-5-14-16-6-4-13(11-22)21(16,3)10-18(24)19(14)20(15,2)9-8-17(12)23/h13-20,24H,5-11H2,1-4H3;12-19,23-24H,4-10H2,1-3H3;12-17,19,23H,4-10H2,1-3H3/t13-,14-,15+,16+,17+,18-,19+,20-,21+,22-;12-,13-,14+,15+,16+,17-,18+,19-,20+,21-;12-,13-,14+,15+,16+,17-,19-,20+,21-/m111/s1. The predicted molar refractivity (Wildman–Crippen MR) is 282 cm³/mol. The third-order valence-electron chi connectivity index (χ3n) is 27.8. The number of nitriles is 3. The van der Waals surface area contributed by atoms with Crippen molar-refractivity contribution in [2.45, 2.75) is 228 Å². The number of rotatable bonds is 1. The number of carbonyl (C=O) groups excluding carboxylic acids is 1. The Morgan fingerprint density at radius 3 is 1.27 bits per heavy atom. The predicted octanol–water partition coefficient (Wildman–Crippen LogP) is 12.1. The first-order chi connectivity index (χ1) is 34.5. The van der Waals surface area contributed by atoms with Crippen molar-refractivity contribution in [1.82, 2.24) is 0 Å². The van der Waals surface area contributed by atoms with E-state index in [4.69, 9.17) is 4.74 Å². The molecule has 406 valence electrons. The van der Waals surface area contributed by atoms with E-state index in [0.29, 0.717) is 95.1 Å². The lowest BCUT2D eigenvalue weighted by Gasteiger charge is -2.63. The molecule has 73 heavy (non-hydrogen) atoms. The summed E-state index contributed by atoms with van der Waals surface area (Å²) in [5, 5.41) is 71.2. The number of nitrogens with zero attached hydrogens (tertiary/aromatic N) is 3. The molecular formula is C64H99N3O6. The molecule has 0 aliphatic heterocycles. The number of hydrogen-bond acceptors (Lipinski definition) is 9. The van der Waals surface area contributed by atoms with Crippen molar-refractivity contribution in [2.24, 2.45) is 139 Å². The quantitative estimate of drug-likeness (QED) is 0.199. The molecule has 0 saturated heterocycles. The molecule has 12 aliphatic rings. The topological polar surface area (TPSA) is 179 Å². The Hall–Kier alpha value is -2.06. The van der Waals surface area contributed by atoms with Gasteiger partial charge in [-0.05, 0) is 244 Å². The Bertz CT molecular complexity index is 2200. The van der Waals surface area contributed by atoms with Crippen LogP contribution in [0.4, 0.5) is 0 Å². The Kier molecular flexibility index (Phi) is 14.4. The molecule has 9 heteroatoms. The smallest absolute Gasteiger partial charge is 0.137 e. The minimum absolute atomic E-state index is 0.0122. The third-order valence-corrected chi connectivity index (χ3v) is 27.8. The van der Waals surface area contributed by atoms with E-state index in [2.05, 4.69) is 80.5 Å². The Morgan fingerprint density at radius 2 is 0.808 bits per heavy atom. The van der Waals surface area contributed by atoms with Gasteiger partial charge in [-0.3, -0.25) is 4.79 Å². The maximum atomic E-state index is 13.3. The highest BCUT2D eigenvalue weighted by Crippen LogP contribution is 2.71. The van der Waals surface area contributed by atoms with Crippen molar-refractivity contribution in [2.75, 3.05) is 7.11 Å². The van der Waals surface area contributed by atoms with Gasteiger partial charge in [-0.1, -0.05) is 62.3 Å². The molecular weight excluding hydrogens is 907 g/mol. The molecule has 0 amide bonds. The largest absolute Gasteiger partial charge is 0.393 e. The van der Waals surface area contributed by atoms with Crippen LogP contribution in [0.2, 0.25) is 0 Å². The molecule has 12 rings (SSSR count). The summed E-state index contributed by atoms with van der Waals surface area (Å²) in [6.45, 7) is 20.8. The maximum Gasteiger partial charge on any atom is 0.137 e. The number of aliphatic hydroxyl groups excluding tert-OH is 4. The Labute approximate surface area is 441 Å². The van der Waals surface area contributed by atoms with Crippen molar-refractivity contribution in [3.8, 4) is 18.2 Å². The molecule has 0 heterocycles. The first-order valence-electron chi connectivity index (χ1n) is 30.5. The highest BCUT2D eigenvalue weighted by molar-refractivity contribution is 5.84. The van der Waals surface area contributed by atoms with Crippen LogP contribution in [0.25, 0.3) is 0 Å². The van der Waals surface area contributed by atoms with E-state index in [1.807, 2.05) is 7.11 Å². The Morgan fingerprint density at radius 1 is 0.438 bits per heavy atom. The van der Waals surface area contributed by atoms with Crippen molar-refractivity contribution in [1.29, 1.82) is 15.8 Å². The minimum Gasteiger partial charge on any atom is -0.393 e. The van der Waals surface area contributed by atoms with Crippen molar-refractivity contribution >= 4 is 5.78 Å². The average Bonchev–Trinajstić information content (AvgIpc) is 4.00.